The lowest BCUT2D eigenvalue weighted by atomic mass is 10.1. The van der Waals surface area contributed by atoms with Gasteiger partial charge in [-0.05, 0) is 50.1 Å². The number of para-hydroxylation sites is 2. The maximum atomic E-state index is 12.6. The van der Waals surface area contributed by atoms with E-state index < -0.39 is 5.92 Å². The zero-order valence-electron chi connectivity index (χ0n) is 15.3. The molecule has 0 radical (unpaired) electrons. The van der Waals surface area contributed by atoms with Gasteiger partial charge in [-0.2, -0.15) is 0 Å². The molecule has 0 aromatic heterocycles. The number of nitrogens with zero attached hydrogens (tertiary/aromatic N) is 1. The number of hydrogen-bond acceptors (Lipinski definition) is 4. The number of benzene rings is 2. The van der Waals surface area contributed by atoms with Crippen LogP contribution in [0.15, 0.2) is 42.5 Å². The molecule has 0 bridgehead atoms. The summed E-state index contributed by atoms with van der Waals surface area (Å²) in [6.07, 6.45) is 0.143. The molecule has 5 heteroatoms. The van der Waals surface area contributed by atoms with Crippen LogP contribution in [0.25, 0.3) is 0 Å². The third-order valence-corrected chi connectivity index (χ3v) is 4.47. The highest BCUT2D eigenvalue weighted by Gasteiger charge is 2.37. The molecule has 1 heterocycles. The van der Waals surface area contributed by atoms with Crippen LogP contribution < -0.4 is 14.4 Å². The van der Waals surface area contributed by atoms with Crippen molar-refractivity contribution in [2.75, 3.05) is 18.1 Å². The van der Waals surface area contributed by atoms with E-state index in [1.165, 1.54) is 0 Å². The normalized spacial score (nSPS) is 16.7. The first kappa shape index (κ1) is 18.0. The lowest BCUT2D eigenvalue weighted by Crippen LogP contribution is -2.27. The van der Waals surface area contributed by atoms with Gasteiger partial charge in [0.2, 0.25) is 5.91 Å². The van der Waals surface area contributed by atoms with Gasteiger partial charge in [0.1, 0.15) is 11.5 Å². The Morgan fingerprint density at radius 2 is 1.92 bits per heavy atom. The molecule has 1 aliphatic heterocycles. The molecule has 0 saturated carbocycles. The molecule has 0 aliphatic carbocycles. The van der Waals surface area contributed by atoms with E-state index in [1.54, 1.807) is 4.90 Å². The summed E-state index contributed by atoms with van der Waals surface area (Å²) in [6, 6.07) is 13.1. The second-order valence-corrected chi connectivity index (χ2v) is 6.50. The Labute approximate surface area is 153 Å². The summed E-state index contributed by atoms with van der Waals surface area (Å²) in [5, 5.41) is 0. The van der Waals surface area contributed by atoms with Crippen LogP contribution in [0.3, 0.4) is 0 Å². The fourth-order valence-electron chi connectivity index (χ4n) is 3.06. The molecule has 0 spiro atoms. The Morgan fingerprint density at radius 1 is 1.15 bits per heavy atom. The highest BCUT2D eigenvalue weighted by atomic mass is 16.5. The largest absolute Gasteiger partial charge is 0.492 e. The highest BCUT2D eigenvalue weighted by Crippen LogP contribution is 2.33. The molecule has 1 aliphatic rings. The van der Waals surface area contributed by atoms with Crippen LogP contribution in [0, 0.1) is 19.8 Å². The molecule has 1 atom stereocenters. The second-order valence-electron chi connectivity index (χ2n) is 6.50. The van der Waals surface area contributed by atoms with Gasteiger partial charge in [0, 0.05) is 13.0 Å². The molecular formula is C21H23NO4. The van der Waals surface area contributed by atoms with Crippen molar-refractivity contribution in [1.82, 2.24) is 0 Å². The number of carbonyl (C=O) groups excluding carboxylic acids is 2. The van der Waals surface area contributed by atoms with Gasteiger partial charge in [-0.3, -0.25) is 9.59 Å². The fraction of sp³-hybridized carbons (Fsp3) is 0.333. The number of amides is 1. The predicted molar refractivity (Wildman–Crippen MR) is 99.6 cm³/mol. The van der Waals surface area contributed by atoms with E-state index in [0.29, 0.717) is 30.3 Å². The summed E-state index contributed by atoms with van der Waals surface area (Å²) in [6.45, 7) is 6.55. The van der Waals surface area contributed by atoms with E-state index in [0.717, 1.165) is 11.1 Å². The maximum absolute atomic E-state index is 12.6. The van der Waals surface area contributed by atoms with E-state index >= 15 is 0 Å². The minimum atomic E-state index is -0.489. The topological polar surface area (TPSA) is 55.8 Å². The zero-order valence-corrected chi connectivity index (χ0v) is 15.3. The van der Waals surface area contributed by atoms with Gasteiger partial charge in [0.15, 0.2) is 0 Å². The molecule has 1 saturated heterocycles. The van der Waals surface area contributed by atoms with Crippen LogP contribution in [0.1, 0.15) is 24.5 Å². The molecule has 3 rings (SSSR count). The standard InChI is InChI=1S/C21H23NO4/c1-4-25-18-8-6-5-7-17(18)22-13-16(12-20(22)23)21(24)26-19-11-14(2)9-10-15(19)3/h5-11,16H,4,12-13H2,1-3H3/t16-/m0/s1. The van der Waals surface area contributed by atoms with E-state index in [9.17, 15) is 9.59 Å². The second kappa shape index (κ2) is 7.60. The molecule has 1 amide bonds. The monoisotopic (exact) mass is 353 g/mol. The van der Waals surface area contributed by atoms with Crippen molar-refractivity contribution in [1.29, 1.82) is 0 Å². The summed E-state index contributed by atoms with van der Waals surface area (Å²) in [7, 11) is 0. The van der Waals surface area contributed by atoms with Gasteiger partial charge in [-0.1, -0.05) is 24.3 Å². The first-order chi connectivity index (χ1) is 12.5. The molecule has 0 unspecified atom stereocenters. The summed E-state index contributed by atoms with van der Waals surface area (Å²) < 4.78 is 11.2. The van der Waals surface area contributed by atoms with Gasteiger partial charge < -0.3 is 14.4 Å². The molecule has 2 aromatic carbocycles. The van der Waals surface area contributed by atoms with E-state index in [-0.39, 0.29) is 18.3 Å². The van der Waals surface area contributed by atoms with Crippen LogP contribution in [0.4, 0.5) is 5.69 Å². The average molecular weight is 353 g/mol. The predicted octanol–water partition coefficient (Wildman–Crippen LogP) is 3.66. The molecule has 1 fully saturated rings. The van der Waals surface area contributed by atoms with Gasteiger partial charge in [0.05, 0.1) is 18.2 Å². The quantitative estimate of drug-likeness (QED) is 0.608. The number of hydrogen-bond donors (Lipinski definition) is 0. The summed E-state index contributed by atoms with van der Waals surface area (Å²) >= 11 is 0. The van der Waals surface area contributed by atoms with E-state index in [4.69, 9.17) is 9.47 Å². The Morgan fingerprint density at radius 3 is 2.69 bits per heavy atom. The van der Waals surface area contributed by atoms with Crippen molar-refractivity contribution < 1.29 is 19.1 Å². The SMILES string of the molecule is CCOc1ccccc1N1C[C@@H](C(=O)Oc2cc(C)ccc2C)CC1=O. The van der Waals surface area contributed by atoms with Crippen molar-refractivity contribution in [2.24, 2.45) is 5.92 Å². The summed E-state index contributed by atoms with van der Waals surface area (Å²) in [4.78, 5) is 26.7. The van der Waals surface area contributed by atoms with E-state index in [2.05, 4.69) is 0 Å². The Bertz CT molecular complexity index is 831. The third-order valence-electron chi connectivity index (χ3n) is 4.47. The third kappa shape index (κ3) is 3.72. The van der Waals surface area contributed by atoms with Gasteiger partial charge in [-0.25, -0.2) is 0 Å². The molecule has 0 N–H and O–H groups in total. The van der Waals surface area contributed by atoms with Gasteiger partial charge in [0.25, 0.3) is 0 Å². The molecule has 136 valence electrons. The van der Waals surface area contributed by atoms with Crippen molar-refractivity contribution in [3.63, 3.8) is 0 Å². The summed E-state index contributed by atoms with van der Waals surface area (Å²) in [5.41, 5.74) is 2.61. The fourth-order valence-corrected chi connectivity index (χ4v) is 3.06. The number of aryl methyl sites for hydroxylation is 2. The Kier molecular flexibility index (Phi) is 5.26. The number of carbonyl (C=O) groups is 2. The average Bonchev–Trinajstić information content (AvgIpc) is 3.01. The van der Waals surface area contributed by atoms with Crippen molar-refractivity contribution in [3.05, 3.63) is 53.6 Å². The number of ether oxygens (including phenoxy) is 2. The molecule has 26 heavy (non-hydrogen) atoms. The molecular weight excluding hydrogens is 330 g/mol. The lowest BCUT2D eigenvalue weighted by Gasteiger charge is -2.20. The van der Waals surface area contributed by atoms with E-state index in [1.807, 2.05) is 63.2 Å². The summed E-state index contributed by atoms with van der Waals surface area (Å²) in [5.74, 6) is 0.239. The van der Waals surface area contributed by atoms with Crippen LogP contribution in [-0.2, 0) is 9.59 Å². The van der Waals surface area contributed by atoms with Gasteiger partial charge in [-0.15, -0.1) is 0 Å². The van der Waals surface area contributed by atoms with Gasteiger partial charge >= 0.3 is 5.97 Å². The highest BCUT2D eigenvalue weighted by molar-refractivity contribution is 6.00. The number of esters is 1. The lowest BCUT2D eigenvalue weighted by molar-refractivity contribution is -0.139. The Hall–Kier alpha value is -2.82. The molecule has 2 aromatic rings. The number of anilines is 1. The van der Waals surface area contributed by atoms with Crippen molar-refractivity contribution in [3.8, 4) is 11.5 Å². The Balaban J connectivity index is 1.75. The minimum absolute atomic E-state index is 0.0972. The van der Waals surface area contributed by atoms with Crippen LogP contribution >= 0.6 is 0 Å². The zero-order chi connectivity index (χ0) is 18.7. The van der Waals surface area contributed by atoms with Crippen LogP contribution in [0.5, 0.6) is 11.5 Å². The number of rotatable bonds is 5. The minimum Gasteiger partial charge on any atom is -0.492 e. The first-order valence-corrected chi connectivity index (χ1v) is 8.80. The van der Waals surface area contributed by atoms with Crippen molar-refractivity contribution in [2.45, 2.75) is 27.2 Å². The van der Waals surface area contributed by atoms with Crippen molar-refractivity contribution >= 4 is 17.6 Å². The maximum Gasteiger partial charge on any atom is 0.316 e. The smallest absolute Gasteiger partial charge is 0.316 e. The van der Waals surface area contributed by atoms with Crippen LogP contribution in [-0.4, -0.2) is 25.0 Å². The molecule has 5 nitrogen and oxygen atoms in total. The first-order valence-electron chi connectivity index (χ1n) is 8.80. The van der Waals surface area contributed by atoms with Crippen LogP contribution in [0.2, 0.25) is 0 Å².